The predicted molar refractivity (Wildman–Crippen MR) is 112 cm³/mol. The molecule has 0 saturated heterocycles. The van der Waals surface area contributed by atoms with Gasteiger partial charge in [0.25, 0.3) is 0 Å². The van der Waals surface area contributed by atoms with E-state index in [4.69, 9.17) is 0 Å². The summed E-state index contributed by atoms with van der Waals surface area (Å²) >= 11 is 0. The summed E-state index contributed by atoms with van der Waals surface area (Å²) in [4.78, 5) is 0. The molecule has 176 valence electrons. The van der Waals surface area contributed by atoms with E-state index < -0.39 is 51.8 Å². The van der Waals surface area contributed by atoms with Crippen LogP contribution in [0.25, 0.3) is 11.1 Å². The zero-order chi connectivity index (χ0) is 24.3. The van der Waals surface area contributed by atoms with Crippen molar-refractivity contribution >= 4 is 0 Å². The Hall–Kier alpha value is -3.16. The van der Waals surface area contributed by atoms with E-state index in [-0.39, 0.29) is 23.8 Å². The summed E-state index contributed by atoms with van der Waals surface area (Å²) in [5.74, 6) is -8.13. The summed E-state index contributed by atoms with van der Waals surface area (Å²) in [6.07, 6.45) is -1.81. The Morgan fingerprint density at radius 3 is 2.15 bits per heavy atom. The number of hydrogen-bond donors (Lipinski definition) is 1. The van der Waals surface area contributed by atoms with Crippen molar-refractivity contribution in [2.75, 3.05) is 0 Å². The van der Waals surface area contributed by atoms with Crippen molar-refractivity contribution in [2.45, 2.75) is 45.6 Å². The second-order valence-corrected chi connectivity index (χ2v) is 7.56. The largest absolute Gasteiger partial charge is 0.507 e. The lowest BCUT2D eigenvalue weighted by atomic mass is 9.97. The Labute approximate surface area is 187 Å². The van der Waals surface area contributed by atoms with Crippen LogP contribution < -0.4 is 4.74 Å². The van der Waals surface area contributed by atoms with Gasteiger partial charge in [-0.25, -0.2) is 17.6 Å². The molecular weight excluding hydrogens is 446 g/mol. The molecule has 8 heteroatoms. The number of rotatable bonds is 8. The van der Waals surface area contributed by atoms with Gasteiger partial charge in [0.1, 0.15) is 22.9 Å². The number of aromatic hydroxyl groups is 1. The van der Waals surface area contributed by atoms with Gasteiger partial charge in [0.05, 0.1) is 5.56 Å². The lowest BCUT2D eigenvalue weighted by Crippen LogP contribution is -2.25. The van der Waals surface area contributed by atoms with Crippen LogP contribution in [0.15, 0.2) is 42.5 Å². The number of halogens is 6. The highest BCUT2D eigenvalue weighted by atomic mass is 19.3. The van der Waals surface area contributed by atoms with Gasteiger partial charge in [-0.3, -0.25) is 0 Å². The maximum Gasteiger partial charge on any atom is 0.432 e. The maximum atomic E-state index is 15.1. The summed E-state index contributed by atoms with van der Waals surface area (Å²) in [5, 5.41) is 9.99. The quantitative estimate of drug-likeness (QED) is 0.344. The standard InChI is InChI=1S/C25H22F6O2/c1-3-5-6-14-7-10-16(11-8-14)33-25(30,31)21-18(26)13-19(32)20(24(21)29)17-12-9-15(4-2)22(27)23(17)28/h7-13,32H,3-6H2,1-2H3. The molecule has 0 fully saturated rings. The third-order valence-corrected chi connectivity index (χ3v) is 5.29. The van der Waals surface area contributed by atoms with E-state index in [1.807, 2.05) is 6.92 Å². The number of hydrogen-bond acceptors (Lipinski definition) is 2. The van der Waals surface area contributed by atoms with E-state index in [0.29, 0.717) is 0 Å². The van der Waals surface area contributed by atoms with Crippen LogP contribution in [0.4, 0.5) is 26.3 Å². The van der Waals surface area contributed by atoms with E-state index >= 15 is 4.39 Å². The molecule has 3 aromatic carbocycles. The van der Waals surface area contributed by atoms with Crippen molar-refractivity contribution in [3.63, 3.8) is 0 Å². The van der Waals surface area contributed by atoms with E-state index in [9.17, 15) is 27.1 Å². The van der Waals surface area contributed by atoms with Crippen molar-refractivity contribution in [2.24, 2.45) is 0 Å². The van der Waals surface area contributed by atoms with Crippen molar-refractivity contribution in [1.82, 2.24) is 0 Å². The van der Waals surface area contributed by atoms with E-state index in [1.54, 1.807) is 19.1 Å². The Bertz CT molecular complexity index is 1140. The average molecular weight is 468 g/mol. The van der Waals surface area contributed by atoms with E-state index in [1.165, 1.54) is 12.1 Å². The SMILES string of the molecule is CCCCc1ccc(OC(F)(F)c2c(F)cc(O)c(-c3ccc(CC)c(F)c3F)c2F)cc1. The van der Waals surface area contributed by atoms with Crippen molar-refractivity contribution in [3.8, 4) is 22.6 Å². The topological polar surface area (TPSA) is 29.5 Å². The molecule has 0 heterocycles. The van der Waals surface area contributed by atoms with E-state index in [2.05, 4.69) is 4.74 Å². The summed E-state index contributed by atoms with van der Waals surface area (Å²) in [7, 11) is 0. The number of ether oxygens (including phenoxy) is 1. The first-order chi connectivity index (χ1) is 15.6. The Kier molecular flexibility index (Phi) is 7.25. The number of phenolic OH excluding ortho intramolecular Hbond substituents is 1. The molecule has 0 saturated carbocycles. The minimum absolute atomic E-state index is 0.0328. The lowest BCUT2D eigenvalue weighted by Gasteiger charge is -2.21. The fourth-order valence-electron chi connectivity index (χ4n) is 3.49. The smallest absolute Gasteiger partial charge is 0.432 e. The van der Waals surface area contributed by atoms with Crippen LogP contribution in [0.3, 0.4) is 0 Å². The molecule has 33 heavy (non-hydrogen) atoms. The molecule has 3 aromatic rings. The van der Waals surface area contributed by atoms with Crippen molar-refractivity contribution < 1.29 is 36.2 Å². The second kappa shape index (κ2) is 9.77. The van der Waals surface area contributed by atoms with Crippen LogP contribution in [-0.4, -0.2) is 5.11 Å². The summed E-state index contributed by atoms with van der Waals surface area (Å²) in [6, 6.07) is 7.88. The van der Waals surface area contributed by atoms with Crippen LogP contribution in [0.5, 0.6) is 11.5 Å². The van der Waals surface area contributed by atoms with E-state index in [0.717, 1.165) is 37.0 Å². The molecular formula is C25H22F6O2. The summed E-state index contributed by atoms with van der Waals surface area (Å²) in [6.45, 7) is 3.56. The van der Waals surface area contributed by atoms with Crippen molar-refractivity contribution in [1.29, 1.82) is 0 Å². The highest BCUT2D eigenvalue weighted by molar-refractivity contribution is 5.73. The first kappa shape index (κ1) is 24.5. The molecule has 0 amide bonds. The van der Waals surface area contributed by atoms with Crippen LogP contribution >= 0.6 is 0 Å². The van der Waals surface area contributed by atoms with Crippen LogP contribution in [0, 0.1) is 23.3 Å². The minimum Gasteiger partial charge on any atom is -0.507 e. The zero-order valence-corrected chi connectivity index (χ0v) is 18.0. The van der Waals surface area contributed by atoms with Crippen LogP contribution in [-0.2, 0) is 19.0 Å². The molecule has 0 atom stereocenters. The second-order valence-electron chi connectivity index (χ2n) is 7.56. The molecule has 0 spiro atoms. The Morgan fingerprint density at radius 1 is 0.879 bits per heavy atom. The number of unbranched alkanes of at least 4 members (excludes halogenated alkanes) is 1. The molecule has 3 rings (SSSR count). The van der Waals surface area contributed by atoms with Gasteiger partial charge in [-0.15, -0.1) is 0 Å². The minimum atomic E-state index is -4.51. The van der Waals surface area contributed by atoms with Gasteiger partial charge in [-0.2, -0.15) is 8.78 Å². The van der Waals surface area contributed by atoms with Gasteiger partial charge in [-0.05, 0) is 42.5 Å². The zero-order valence-electron chi connectivity index (χ0n) is 18.0. The lowest BCUT2D eigenvalue weighted by molar-refractivity contribution is -0.189. The molecule has 0 unspecified atom stereocenters. The molecule has 0 aromatic heterocycles. The van der Waals surface area contributed by atoms with Gasteiger partial charge in [-0.1, -0.05) is 44.5 Å². The predicted octanol–water partition coefficient (Wildman–Crippen LogP) is 7.65. The molecule has 2 nitrogen and oxygen atoms in total. The van der Waals surface area contributed by atoms with Crippen LogP contribution in [0.1, 0.15) is 43.4 Å². The van der Waals surface area contributed by atoms with Gasteiger partial charge >= 0.3 is 6.11 Å². The molecule has 0 bridgehead atoms. The highest BCUT2D eigenvalue weighted by Gasteiger charge is 2.43. The van der Waals surface area contributed by atoms with Crippen LogP contribution in [0.2, 0.25) is 0 Å². The fraction of sp³-hybridized carbons (Fsp3) is 0.280. The average Bonchev–Trinajstić information content (AvgIpc) is 2.75. The molecule has 0 aliphatic heterocycles. The highest BCUT2D eigenvalue weighted by Crippen LogP contribution is 2.43. The molecule has 0 radical (unpaired) electrons. The number of aryl methyl sites for hydroxylation is 2. The molecule has 1 N–H and O–H groups in total. The Balaban J connectivity index is 2.04. The van der Waals surface area contributed by atoms with Gasteiger partial charge < -0.3 is 9.84 Å². The molecule has 0 aliphatic carbocycles. The fourth-order valence-corrected chi connectivity index (χ4v) is 3.49. The van der Waals surface area contributed by atoms with Gasteiger partial charge in [0, 0.05) is 11.6 Å². The monoisotopic (exact) mass is 468 g/mol. The number of phenols is 1. The normalized spacial score (nSPS) is 11.6. The molecule has 0 aliphatic rings. The third kappa shape index (κ3) is 4.94. The van der Waals surface area contributed by atoms with Gasteiger partial charge in [0.15, 0.2) is 17.5 Å². The first-order valence-electron chi connectivity index (χ1n) is 10.4. The Morgan fingerprint density at radius 2 is 1.55 bits per heavy atom. The van der Waals surface area contributed by atoms with Crippen molar-refractivity contribution in [3.05, 3.63) is 82.4 Å². The summed E-state index contributed by atoms with van der Waals surface area (Å²) < 4.78 is 92.5. The number of alkyl halides is 2. The van der Waals surface area contributed by atoms with Gasteiger partial charge in [0.2, 0.25) is 0 Å². The first-order valence-corrected chi connectivity index (χ1v) is 10.4. The summed E-state index contributed by atoms with van der Waals surface area (Å²) in [5.41, 5.74) is -2.90. The third-order valence-electron chi connectivity index (χ3n) is 5.29. The number of benzene rings is 3. The maximum absolute atomic E-state index is 15.1.